The van der Waals surface area contributed by atoms with Gasteiger partial charge in [-0.1, -0.05) is 48.9 Å². The number of hydrogen-bond donors (Lipinski definition) is 1. The molecule has 2 N–H and O–H groups in total. The van der Waals surface area contributed by atoms with Crippen molar-refractivity contribution < 1.29 is 4.79 Å². The van der Waals surface area contributed by atoms with E-state index in [-0.39, 0.29) is 5.78 Å². The lowest BCUT2D eigenvalue weighted by Gasteiger charge is -2.11. The molecule has 132 valence electrons. The number of ketones is 1. The van der Waals surface area contributed by atoms with Gasteiger partial charge in [-0.2, -0.15) is 0 Å². The molecule has 2 aromatic heterocycles. The monoisotopic (exact) mass is 362 g/mol. The second-order valence-electron chi connectivity index (χ2n) is 6.84. The SMILES string of the molecule is CC(=O)c1sc2nc3c(c(/C=C/c4ccccc4)c2c1N)CCCCC3. The van der Waals surface area contributed by atoms with Crippen LogP contribution in [0.4, 0.5) is 5.69 Å². The number of aryl methyl sites for hydroxylation is 1. The quantitative estimate of drug-likeness (QED) is 0.493. The number of nitrogens with zero attached hydrogens (tertiary/aromatic N) is 1. The molecule has 3 nitrogen and oxygen atoms in total. The Morgan fingerprint density at radius 1 is 1.12 bits per heavy atom. The maximum atomic E-state index is 12.0. The summed E-state index contributed by atoms with van der Waals surface area (Å²) in [5.74, 6) is 0.0127. The fourth-order valence-corrected chi connectivity index (χ4v) is 4.74. The fraction of sp³-hybridized carbons (Fsp3) is 0.273. The average Bonchev–Trinajstić information content (AvgIpc) is 2.81. The van der Waals surface area contributed by atoms with Crippen molar-refractivity contribution in [2.24, 2.45) is 0 Å². The van der Waals surface area contributed by atoms with Crippen molar-refractivity contribution in [3.63, 3.8) is 0 Å². The van der Waals surface area contributed by atoms with Gasteiger partial charge in [0.15, 0.2) is 5.78 Å². The van der Waals surface area contributed by atoms with Gasteiger partial charge in [-0.25, -0.2) is 4.98 Å². The zero-order valence-corrected chi connectivity index (χ0v) is 15.7. The van der Waals surface area contributed by atoms with Crippen LogP contribution in [0.5, 0.6) is 0 Å². The fourth-order valence-electron chi connectivity index (χ4n) is 3.71. The van der Waals surface area contributed by atoms with Gasteiger partial charge in [-0.15, -0.1) is 11.3 Å². The summed E-state index contributed by atoms with van der Waals surface area (Å²) < 4.78 is 0. The van der Waals surface area contributed by atoms with Crippen LogP contribution in [0.25, 0.3) is 22.4 Å². The molecule has 2 heterocycles. The number of carbonyl (C=O) groups excluding carboxylic acids is 1. The predicted octanol–water partition coefficient (Wildman–Crippen LogP) is 5.52. The Morgan fingerprint density at radius 3 is 2.65 bits per heavy atom. The Morgan fingerprint density at radius 2 is 1.88 bits per heavy atom. The second kappa shape index (κ2) is 7.04. The number of pyridine rings is 1. The van der Waals surface area contributed by atoms with Gasteiger partial charge in [0.1, 0.15) is 4.83 Å². The highest BCUT2D eigenvalue weighted by molar-refractivity contribution is 7.21. The largest absolute Gasteiger partial charge is 0.397 e. The van der Waals surface area contributed by atoms with Crippen molar-refractivity contribution in [1.82, 2.24) is 4.98 Å². The minimum Gasteiger partial charge on any atom is -0.397 e. The molecule has 0 unspecified atom stereocenters. The lowest BCUT2D eigenvalue weighted by molar-refractivity contribution is 0.102. The summed E-state index contributed by atoms with van der Waals surface area (Å²) in [7, 11) is 0. The highest BCUT2D eigenvalue weighted by Gasteiger charge is 2.22. The van der Waals surface area contributed by atoms with Crippen LogP contribution >= 0.6 is 11.3 Å². The lowest BCUT2D eigenvalue weighted by Crippen LogP contribution is -2.01. The summed E-state index contributed by atoms with van der Waals surface area (Å²) in [6.45, 7) is 1.57. The lowest BCUT2D eigenvalue weighted by atomic mass is 9.97. The van der Waals surface area contributed by atoms with Crippen LogP contribution in [0.3, 0.4) is 0 Å². The number of carbonyl (C=O) groups is 1. The molecule has 0 fully saturated rings. The standard InChI is InChI=1S/C22H22N2OS/c1-14(25)21-20(23)19-17(13-12-15-8-4-2-5-9-15)16-10-6-3-7-11-18(16)24-22(19)26-21/h2,4-5,8-9,12-13H,3,6-7,10-11,23H2,1H3/b13-12+. The molecule has 4 heteroatoms. The Hall–Kier alpha value is -2.46. The first-order chi connectivity index (χ1) is 12.6. The summed E-state index contributed by atoms with van der Waals surface area (Å²) in [6.07, 6.45) is 9.91. The van der Waals surface area contributed by atoms with Gasteiger partial charge in [0, 0.05) is 18.0 Å². The number of nitrogen functional groups attached to an aromatic ring is 1. The number of aromatic nitrogens is 1. The van der Waals surface area contributed by atoms with E-state index in [0.717, 1.165) is 34.2 Å². The molecule has 0 spiro atoms. The molecular formula is C22H22N2OS. The molecule has 0 amide bonds. The molecule has 0 bridgehead atoms. The van der Waals surface area contributed by atoms with E-state index >= 15 is 0 Å². The third kappa shape index (κ3) is 3.06. The maximum absolute atomic E-state index is 12.0. The van der Waals surface area contributed by atoms with Crippen LogP contribution in [0.2, 0.25) is 0 Å². The van der Waals surface area contributed by atoms with Gasteiger partial charge in [-0.05, 0) is 42.4 Å². The summed E-state index contributed by atoms with van der Waals surface area (Å²) in [4.78, 5) is 18.4. The van der Waals surface area contributed by atoms with Gasteiger partial charge in [0.25, 0.3) is 0 Å². The molecule has 0 atom stereocenters. The van der Waals surface area contributed by atoms with Crippen LogP contribution in [-0.4, -0.2) is 10.8 Å². The average molecular weight is 362 g/mol. The number of thiophene rings is 1. The number of nitrogens with two attached hydrogens (primary N) is 1. The van der Waals surface area contributed by atoms with Crippen LogP contribution in [0.15, 0.2) is 30.3 Å². The van der Waals surface area contributed by atoms with Gasteiger partial charge in [-0.3, -0.25) is 4.79 Å². The molecule has 26 heavy (non-hydrogen) atoms. The van der Waals surface area contributed by atoms with Gasteiger partial charge < -0.3 is 5.73 Å². The third-order valence-electron chi connectivity index (χ3n) is 5.01. The molecule has 0 saturated carbocycles. The molecule has 3 aromatic rings. The van der Waals surface area contributed by atoms with E-state index in [1.165, 1.54) is 41.9 Å². The summed E-state index contributed by atoms with van der Waals surface area (Å²) >= 11 is 1.43. The highest BCUT2D eigenvalue weighted by Crippen LogP contribution is 2.39. The molecule has 0 saturated heterocycles. The van der Waals surface area contributed by atoms with E-state index in [0.29, 0.717) is 10.6 Å². The van der Waals surface area contributed by atoms with Crippen molar-refractivity contribution in [2.75, 3.05) is 5.73 Å². The number of fused-ring (bicyclic) bond motifs is 2. The molecular weight excluding hydrogens is 340 g/mol. The van der Waals surface area contributed by atoms with Crippen LogP contribution < -0.4 is 5.73 Å². The molecule has 0 radical (unpaired) electrons. The van der Waals surface area contributed by atoms with E-state index < -0.39 is 0 Å². The van der Waals surface area contributed by atoms with Gasteiger partial charge in [0.05, 0.1) is 10.6 Å². The van der Waals surface area contributed by atoms with Crippen LogP contribution in [0, 0.1) is 0 Å². The number of rotatable bonds is 3. The van der Waals surface area contributed by atoms with Crippen molar-refractivity contribution in [2.45, 2.75) is 39.0 Å². The topological polar surface area (TPSA) is 56.0 Å². The van der Waals surface area contributed by atoms with Gasteiger partial charge in [0.2, 0.25) is 0 Å². The first-order valence-corrected chi connectivity index (χ1v) is 9.94. The van der Waals surface area contributed by atoms with Crippen molar-refractivity contribution in [1.29, 1.82) is 0 Å². The number of Topliss-reactive ketones (excluding diaryl/α,β-unsaturated/α-hetero) is 1. The molecule has 4 rings (SSSR count). The van der Waals surface area contributed by atoms with Crippen molar-refractivity contribution in [3.8, 4) is 0 Å². The smallest absolute Gasteiger partial charge is 0.171 e. The third-order valence-corrected chi connectivity index (χ3v) is 6.21. The van der Waals surface area contributed by atoms with E-state index in [9.17, 15) is 4.79 Å². The van der Waals surface area contributed by atoms with Crippen LogP contribution in [-0.2, 0) is 12.8 Å². The molecule has 1 aliphatic rings. The maximum Gasteiger partial charge on any atom is 0.171 e. The minimum absolute atomic E-state index is 0.0127. The highest BCUT2D eigenvalue weighted by atomic mass is 32.1. The number of benzene rings is 1. The zero-order valence-electron chi connectivity index (χ0n) is 14.9. The predicted molar refractivity (Wildman–Crippen MR) is 111 cm³/mol. The Kier molecular flexibility index (Phi) is 4.60. The number of anilines is 1. The summed E-state index contributed by atoms with van der Waals surface area (Å²) in [5, 5.41) is 0.952. The molecule has 1 aliphatic carbocycles. The summed E-state index contributed by atoms with van der Waals surface area (Å²) in [5.41, 5.74) is 11.8. The van der Waals surface area contributed by atoms with E-state index in [4.69, 9.17) is 10.7 Å². The van der Waals surface area contributed by atoms with Crippen molar-refractivity contribution >= 4 is 45.2 Å². The molecule has 1 aromatic carbocycles. The van der Waals surface area contributed by atoms with E-state index in [2.05, 4.69) is 24.3 Å². The van der Waals surface area contributed by atoms with Crippen LogP contribution in [0.1, 0.15) is 58.2 Å². The number of hydrogen-bond acceptors (Lipinski definition) is 4. The first-order valence-electron chi connectivity index (χ1n) is 9.13. The molecule has 0 aliphatic heterocycles. The Bertz CT molecular complexity index is 1000. The normalized spacial score (nSPS) is 14.5. The summed E-state index contributed by atoms with van der Waals surface area (Å²) in [6, 6.07) is 10.3. The van der Waals surface area contributed by atoms with E-state index in [1.54, 1.807) is 6.92 Å². The second-order valence-corrected chi connectivity index (χ2v) is 7.84. The van der Waals surface area contributed by atoms with E-state index in [1.807, 2.05) is 18.2 Å². The Balaban J connectivity index is 1.96. The zero-order chi connectivity index (χ0) is 18.1. The van der Waals surface area contributed by atoms with Gasteiger partial charge >= 0.3 is 0 Å². The first kappa shape index (κ1) is 17.0. The van der Waals surface area contributed by atoms with Crippen molar-refractivity contribution in [3.05, 3.63) is 57.6 Å². The minimum atomic E-state index is 0.0127. The Labute approximate surface area is 157 Å².